The maximum absolute atomic E-state index is 14.7. The molecule has 6 rings (SSSR count). The van der Waals surface area contributed by atoms with Crippen LogP contribution in [-0.4, -0.2) is 64.6 Å². The largest absolute Gasteiger partial charge is 0.344 e. The molecule has 3 heterocycles. The van der Waals surface area contributed by atoms with Crippen LogP contribution in [0, 0.1) is 5.92 Å². The highest BCUT2D eigenvalue weighted by atomic mass is 35.5. The first kappa shape index (κ1) is 27.5. The van der Waals surface area contributed by atoms with Crippen molar-refractivity contribution >= 4 is 33.4 Å². The van der Waals surface area contributed by atoms with E-state index in [1.165, 1.54) is 11.7 Å². The van der Waals surface area contributed by atoms with E-state index in [-0.39, 0.29) is 30.7 Å². The van der Waals surface area contributed by atoms with Gasteiger partial charge in [-0.1, -0.05) is 54.1 Å². The van der Waals surface area contributed by atoms with Gasteiger partial charge >= 0.3 is 0 Å². The topological polar surface area (TPSA) is 73.2 Å². The van der Waals surface area contributed by atoms with Crippen molar-refractivity contribution in [3.63, 3.8) is 0 Å². The molecule has 2 N–H and O–H groups in total. The predicted molar refractivity (Wildman–Crippen MR) is 152 cm³/mol. The van der Waals surface area contributed by atoms with Crippen LogP contribution in [0.15, 0.2) is 61.1 Å². The van der Waals surface area contributed by atoms with Crippen molar-refractivity contribution in [1.82, 2.24) is 25.2 Å². The minimum atomic E-state index is -2.88. The Morgan fingerprint density at radius 2 is 1.80 bits per heavy atom. The van der Waals surface area contributed by atoms with Crippen LogP contribution in [0.3, 0.4) is 0 Å². The molecule has 2 fully saturated rings. The molecular formula is C30H34ClF2N5O2. The molecule has 1 aliphatic heterocycles. The molecule has 4 atom stereocenters. The number of hydrogen-bond acceptors (Lipinski definition) is 6. The summed E-state index contributed by atoms with van der Waals surface area (Å²) in [6.07, 6.45) is 4.35. The van der Waals surface area contributed by atoms with Crippen LogP contribution in [0.2, 0.25) is 5.15 Å². The van der Waals surface area contributed by atoms with Crippen LogP contribution in [0.25, 0.3) is 21.8 Å². The second kappa shape index (κ2) is 10.9. The quantitative estimate of drug-likeness (QED) is 0.197. The second-order valence-electron chi connectivity index (χ2n) is 11.3. The zero-order valence-corrected chi connectivity index (χ0v) is 23.4. The Kier molecular flexibility index (Phi) is 7.52. The van der Waals surface area contributed by atoms with E-state index in [2.05, 4.69) is 55.5 Å². The first-order chi connectivity index (χ1) is 19.2. The van der Waals surface area contributed by atoms with Crippen molar-refractivity contribution in [2.24, 2.45) is 5.92 Å². The Morgan fingerprint density at radius 1 is 1.02 bits per heavy atom. The van der Waals surface area contributed by atoms with Crippen LogP contribution >= 0.6 is 11.6 Å². The fourth-order valence-electron chi connectivity index (χ4n) is 6.14. The molecule has 1 aliphatic carbocycles. The highest BCUT2D eigenvalue weighted by molar-refractivity contribution is 6.33. The summed E-state index contributed by atoms with van der Waals surface area (Å²) in [5, 5.41) is 9.46. The molecule has 10 heteroatoms. The summed E-state index contributed by atoms with van der Waals surface area (Å²) in [4.78, 5) is 8.50. The molecule has 1 saturated carbocycles. The van der Waals surface area contributed by atoms with Crippen molar-refractivity contribution in [2.45, 2.75) is 56.6 Å². The number of nitrogens with one attached hydrogen (secondary N) is 2. The SMILES string of the molecule is CC1(C)O[C@@H]2[C@@H](CNCC(F)(F)CNCCc3ccc4ccccc4c3)C[C@@H](n3ccc4c(Cl)ncnc43)[C@@H]2O1. The minimum absolute atomic E-state index is 0.00296. The number of aromatic nitrogens is 3. The Bertz CT molecular complexity index is 1500. The van der Waals surface area contributed by atoms with Crippen LogP contribution in [-0.2, 0) is 15.9 Å². The van der Waals surface area contributed by atoms with E-state index in [1.807, 2.05) is 38.2 Å². The average Bonchev–Trinajstić information content (AvgIpc) is 3.58. The molecule has 2 aromatic carbocycles. The molecule has 7 nitrogen and oxygen atoms in total. The third-order valence-electron chi connectivity index (χ3n) is 7.95. The van der Waals surface area contributed by atoms with Gasteiger partial charge in [-0.15, -0.1) is 0 Å². The van der Waals surface area contributed by atoms with Crippen molar-refractivity contribution in [2.75, 3.05) is 26.2 Å². The predicted octanol–water partition coefficient (Wildman–Crippen LogP) is 5.38. The molecule has 212 valence electrons. The van der Waals surface area contributed by atoms with E-state index in [0.29, 0.717) is 31.1 Å². The lowest BCUT2D eigenvalue weighted by Gasteiger charge is -2.25. The number of ether oxygens (including phenoxy) is 2. The van der Waals surface area contributed by atoms with Gasteiger partial charge in [-0.2, -0.15) is 0 Å². The van der Waals surface area contributed by atoms with Gasteiger partial charge in [0.15, 0.2) is 5.79 Å². The van der Waals surface area contributed by atoms with Gasteiger partial charge in [0.1, 0.15) is 23.2 Å². The van der Waals surface area contributed by atoms with Gasteiger partial charge in [-0.25, -0.2) is 18.7 Å². The van der Waals surface area contributed by atoms with Gasteiger partial charge < -0.3 is 24.7 Å². The smallest absolute Gasteiger partial charge is 0.272 e. The lowest BCUT2D eigenvalue weighted by molar-refractivity contribution is -0.160. The fourth-order valence-corrected chi connectivity index (χ4v) is 6.33. The highest BCUT2D eigenvalue weighted by Crippen LogP contribution is 2.47. The number of nitrogens with zero attached hydrogens (tertiary/aromatic N) is 3. The van der Waals surface area contributed by atoms with Gasteiger partial charge in [0.25, 0.3) is 5.92 Å². The minimum Gasteiger partial charge on any atom is -0.344 e. The third kappa shape index (κ3) is 5.71. The second-order valence-corrected chi connectivity index (χ2v) is 11.7. The molecule has 1 saturated heterocycles. The van der Waals surface area contributed by atoms with Crippen LogP contribution in [0.1, 0.15) is 31.9 Å². The molecule has 40 heavy (non-hydrogen) atoms. The van der Waals surface area contributed by atoms with E-state index >= 15 is 0 Å². The Morgan fingerprint density at radius 3 is 2.65 bits per heavy atom. The van der Waals surface area contributed by atoms with E-state index in [0.717, 1.165) is 22.0 Å². The maximum atomic E-state index is 14.7. The van der Waals surface area contributed by atoms with Gasteiger partial charge in [0.05, 0.1) is 30.6 Å². The lowest BCUT2D eigenvalue weighted by atomic mass is 10.1. The monoisotopic (exact) mass is 569 g/mol. The van der Waals surface area contributed by atoms with Gasteiger partial charge in [-0.3, -0.25) is 0 Å². The highest BCUT2D eigenvalue weighted by Gasteiger charge is 2.54. The summed E-state index contributed by atoms with van der Waals surface area (Å²) in [5.74, 6) is -3.62. The summed E-state index contributed by atoms with van der Waals surface area (Å²) in [6, 6.07) is 16.2. The molecule has 0 unspecified atom stereocenters. The summed E-state index contributed by atoms with van der Waals surface area (Å²) < 4.78 is 44.0. The van der Waals surface area contributed by atoms with Crippen molar-refractivity contribution in [3.8, 4) is 0 Å². The van der Waals surface area contributed by atoms with Crippen molar-refractivity contribution in [3.05, 3.63) is 71.8 Å². The number of benzene rings is 2. The van der Waals surface area contributed by atoms with Gasteiger partial charge in [0.2, 0.25) is 0 Å². The summed E-state index contributed by atoms with van der Waals surface area (Å²) >= 11 is 6.26. The maximum Gasteiger partial charge on any atom is 0.272 e. The standard InChI is InChI=1S/C30H34ClF2N5O2/c1-29(2)39-25-22(14-24(26(25)40-29)38-12-10-23-27(31)36-18-37-28(23)38)15-35-17-30(32,33)16-34-11-9-19-7-8-20-5-3-4-6-21(20)13-19/h3-8,10,12-13,18,22,24-26,34-35H,9,11,14-17H2,1-2H3/t22-,24-,25-,26+/m1/s1. The zero-order chi connectivity index (χ0) is 27.9. The molecule has 0 spiro atoms. The molecule has 2 aromatic heterocycles. The lowest BCUT2D eigenvalue weighted by Crippen LogP contribution is -2.44. The Labute approximate surface area is 237 Å². The fraction of sp³-hybridized carbons (Fsp3) is 0.467. The number of halogens is 3. The molecule has 4 aromatic rings. The number of fused-ring (bicyclic) bond motifs is 3. The molecule has 2 aliphatic rings. The normalized spacial score (nSPS) is 24.2. The number of rotatable bonds is 10. The van der Waals surface area contributed by atoms with E-state index < -0.39 is 18.3 Å². The molecule has 0 amide bonds. The summed E-state index contributed by atoms with van der Waals surface area (Å²) in [6.45, 7) is 3.87. The molecule has 0 radical (unpaired) electrons. The van der Waals surface area contributed by atoms with E-state index in [9.17, 15) is 8.78 Å². The first-order valence-electron chi connectivity index (χ1n) is 13.8. The first-order valence-corrected chi connectivity index (χ1v) is 14.2. The average molecular weight is 570 g/mol. The summed E-state index contributed by atoms with van der Waals surface area (Å²) in [7, 11) is 0. The van der Waals surface area contributed by atoms with Crippen LogP contribution in [0.4, 0.5) is 8.78 Å². The van der Waals surface area contributed by atoms with Crippen molar-refractivity contribution < 1.29 is 18.3 Å². The van der Waals surface area contributed by atoms with Gasteiger partial charge in [-0.05, 0) is 55.6 Å². The Balaban J connectivity index is 1.02. The van der Waals surface area contributed by atoms with Crippen LogP contribution < -0.4 is 10.6 Å². The van der Waals surface area contributed by atoms with E-state index in [1.54, 1.807) is 0 Å². The number of alkyl halides is 2. The Hall–Kier alpha value is -2.69. The third-order valence-corrected chi connectivity index (χ3v) is 8.25. The molecule has 0 bridgehead atoms. The van der Waals surface area contributed by atoms with Gasteiger partial charge in [0, 0.05) is 18.7 Å². The zero-order valence-electron chi connectivity index (χ0n) is 22.6. The summed E-state index contributed by atoms with van der Waals surface area (Å²) in [5.41, 5.74) is 1.86. The number of hydrogen-bond donors (Lipinski definition) is 2. The van der Waals surface area contributed by atoms with Crippen LogP contribution in [0.5, 0.6) is 0 Å². The van der Waals surface area contributed by atoms with E-state index in [4.69, 9.17) is 21.1 Å². The molecular weight excluding hydrogens is 536 g/mol. The van der Waals surface area contributed by atoms with Crippen molar-refractivity contribution in [1.29, 1.82) is 0 Å².